The van der Waals surface area contributed by atoms with Gasteiger partial charge in [0.2, 0.25) is 15.9 Å². The Hall–Kier alpha value is -2.56. The van der Waals surface area contributed by atoms with Gasteiger partial charge in [0.1, 0.15) is 6.04 Å². The van der Waals surface area contributed by atoms with Crippen LogP contribution in [-0.4, -0.2) is 26.6 Å². The van der Waals surface area contributed by atoms with Gasteiger partial charge in [0, 0.05) is 10.7 Å². The molecule has 0 aromatic heterocycles. The molecule has 0 aliphatic carbocycles. The Bertz CT molecular complexity index is 982. The summed E-state index contributed by atoms with van der Waals surface area (Å²) in [6.45, 7) is 3.27. The fourth-order valence-electron chi connectivity index (χ4n) is 2.64. The molecule has 2 rings (SSSR count). The van der Waals surface area contributed by atoms with E-state index < -0.39 is 22.0 Å². The number of nitriles is 1. The molecule has 0 saturated carbocycles. The van der Waals surface area contributed by atoms with E-state index in [1.54, 1.807) is 43.3 Å². The van der Waals surface area contributed by atoms with E-state index in [-0.39, 0.29) is 6.42 Å². The largest absolute Gasteiger partial charge is 0.324 e. The van der Waals surface area contributed by atoms with Crippen molar-refractivity contribution in [3.05, 3.63) is 58.6 Å². The van der Waals surface area contributed by atoms with Crippen LogP contribution in [0, 0.1) is 18.3 Å². The van der Waals surface area contributed by atoms with Crippen LogP contribution in [0.1, 0.15) is 18.1 Å². The Kier molecular flexibility index (Phi) is 6.47. The number of benzene rings is 2. The number of aryl methyl sites for hydroxylation is 1. The van der Waals surface area contributed by atoms with Crippen LogP contribution >= 0.6 is 11.6 Å². The number of hydrogen-bond acceptors (Lipinski definition) is 4. The fourth-order valence-corrected chi connectivity index (χ4v) is 4.04. The van der Waals surface area contributed by atoms with Gasteiger partial charge in [0.15, 0.2) is 0 Å². The number of nitrogens with zero attached hydrogens (tertiary/aromatic N) is 2. The zero-order valence-electron chi connectivity index (χ0n) is 15.2. The van der Waals surface area contributed by atoms with Gasteiger partial charge in [-0.15, -0.1) is 0 Å². The zero-order valence-corrected chi connectivity index (χ0v) is 16.8. The van der Waals surface area contributed by atoms with Crippen molar-refractivity contribution >= 4 is 38.9 Å². The van der Waals surface area contributed by atoms with Crippen molar-refractivity contribution in [3.8, 4) is 6.07 Å². The minimum atomic E-state index is -3.73. The van der Waals surface area contributed by atoms with Gasteiger partial charge in [-0.3, -0.25) is 9.10 Å². The summed E-state index contributed by atoms with van der Waals surface area (Å²) < 4.78 is 25.8. The minimum Gasteiger partial charge on any atom is -0.324 e. The summed E-state index contributed by atoms with van der Waals surface area (Å²) >= 11 is 6.02. The summed E-state index contributed by atoms with van der Waals surface area (Å²) in [5.74, 6) is -0.479. The third-order valence-corrected chi connectivity index (χ3v) is 5.46. The molecule has 2 aromatic carbocycles. The van der Waals surface area contributed by atoms with Crippen LogP contribution in [0.3, 0.4) is 0 Å². The second kappa shape index (κ2) is 8.42. The van der Waals surface area contributed by atoms with Crippen molar-refractivity contribution in [1.29, 1.82) is 5.26 Å². The predicted octanol–water partition coefficient (Wildman–Crippen LogP) is 3.51. The highest BCUT2D eigenvalue weighted by atomic mass is 35.5. The molecule has 0 spiro atoms. The lowest BCUT2D eigenvalue weighted by Crippen LogP contribution is -2.45. The van der Waals surface area contributed by atoms with Gasteiger partial charge in [0.25, 0.3) is 0 Å². The van der Waals surface area contributed by atoms with Crippen LogP contribution in [-0.2, 0) is 21.2 Å². The van der Waals surface area contributed by atoms with Crippen LogP contribution in [0.4, 0.5) is 11.4 Å². The summed E-state index contributed by atoms with van der Waals surface area (Å²) in [4.78, 5) is 12.7. The van der Waals surface area contributed by atoms with Gasteiger partial charge in [-0.2, -0.15) is 5.26 Å². The lowest BCUT2D eigenvalue weighted by molar-refractivity contribution is -0.116. The van der Waals surface area contributed by atoms with Crippen LogP contribution in [0.15, 0.2) is 42.5 Å². The molecule has 0 saturated heterocycles. The number of amides is 1. The molecule has 1 amide bonds. The first-order valence-corrected chi connectivity index (χ1v) is 10.4. The predicted molar refractivity (Wildman–Crippen MR) is 107 cm³/mol. The summed E-state index contributed by atoms with van der Waals surface area (Å²) in [6, 6.07) is 12.8. The molecule has 0 unspecified atom stereocenters. The quantitative estimate of drug-likeness (QED) is 0.796. The number of hydrogen-bond donors (Lipinski definition) is 1. The molecule has 142 valence electrons. The maximum atomic E-state index is 12.7. The van der Waals surface area contributed by atoms with Gasteiger partial charge in [0.05, 0.1) is 24.4 Å². The van der Waals surface area contributed by atoms with E-state index in [0.29, 0.717) is 22.0 Å². The molecule has 0 radical (unpaired) electrons. The highest BCUT2D eigenvalue weighted by Crippen LogP contribution is 2.28. The van der Waals surface area contributed by atoms with Gasteiger partial charge < -0.3 is 5.32 Å². The van der Waals surface area contributed by atoms with Crippen LogP contribution in [0.2, 0.25) is 5.02 Å². The van der Waals surface area contributed by atoms with Crippen molar-refractivity contribution in [1.82, 2.24) is 0 Å². The molecule has 0 fully saturated rings. The lowest BCUT2D eigenvalue weighted by Gasteiger charge is -2.29. The van der Waals surface area contributed by atoms with E-state index in [2.05, 4.69) is 11.4 Å². The molecule has 6 nitrogen and oxygen atoms in total. The molecule has 0 aliphatic rings. The summed E-state index contributed by atoms with van der Waals surface area (Å²) in [5.41, 5.74) is 2.39. The summed E-state index contributed by atoms with van der Waals surface area (Å²) in [6.07, 6.45) is 1.33. The van der Waals surface area contributed by atoms with Crippen molar-refractivity contribution in [3.63, 3.8) is 0 Å². The summed E-state index contributed by atoms with van der Waals surface area (Å²) in [5, 5.41) is 11.8. The Morgan fingerprint density at radius 3 is 2.44 bits per heavy atom. The molecule has 0 aliphatic heterocycles. The average molecular weight is 406 g/mol. The first-order valence-electron chi connectivity index (χ1n) is 8.16. The van der Waals surface area contributed by atoms with E-state index in [1.807, 2.05) is 0 Å². The van der Waals surface area contributed by atoms with Crippen molar-refractivity contribution in [2.75, 3.05) is 15.9 Å². The van der Waals surface area contributed by atoms with E-state index in [4.69, 9.17) is 16.9 Å². The third kappa shape index (κ3) is 5.22. The van der Waals surface area contributed by atoms with Crippen LogP contribution in [0.25, 0.3) is 0 Å². The first-order chi connectivity index (χ1) is 12.6. The van der Waals surface area contributed by atoms with Gasteiger partial charge >= 0.3 is 0 Å². The van der Waals surface area contributed by atoms with E-state index in [0.717, 1.165) is 16.1 Å². The van der Waals surface area contributed by atoms with E-state index >= 15 is 0 Å². The molecule has 0 heterocycles. The fraction of sp³-hybridized carbons (Fsp3) is 0.263. The smallest absolute Gasteiger partial charge is 0.247 e. The maximum Gasteiger partial charge on any atom is 0.247 e. The molecular weight excluding hydrogens is 386 g/mol. The third-order valence-electron chi connectivity index (χ3n) is 4.00. The number of rotatable bonds is 6. The number of anilines is 2. The van der Waals surface area contributed by atoms with Crippen molar-refractivity contribution in [2.24, 2.45) is 0 Å². The number of carbonyl (C=O) groups excluding carboxylic acids is 1. The molecule has 27 heavy (non-hydrogen) atoms. The highest BCUT2D eigenvalue weighted by molar-refractivity contribution is 7.92. The zero-order chi connectivity index (χ0) is 20.2. The number of carbonyl (C=O) groups is 1. The second-order valence-electron chi connectivity index (χ2n) is 6.19. The molecule has 1 N–H and O–H groups in total. The first kappa shape index (κ1) is 20.7. The standard InChI is InChI=1S/C19H20ClN3O3S/c1-13-4-7-16(20)12-18(13)23(27(3,25)26)14(2)19(24)22-17-8-5-15(6-9-17)10-11-21/h4-9,12,14H,10H2,1-3H3,(H,22,24)/t14-/m0/s1. The molecule has 8 heteroatoms. The van der Waals surface area contributed by atoms with Crippen molar-refractivity contribution < 1.29 is 13.2 Å². The highest BCUT2D eigenvalue weighted by Gasteiger charge is 2.30. The number of sulfonamides is 1. The number of nitrogens with one attached hydrogen (secondary N) is 1. The Balaban J connectivity index is 2.30. The molecule has 0 bridgehead atoms. The Labute approximate surface area is 164 Å². The summed E-state index contributed by atoms with van der Waals surface area (Å²) in [7, 11) is -3.73. The van der Waals surface area contributed by atoms with E-state index in [1.165, 1.54) is 13.0 Å². The molecular formula is C19H20ClN3O3S. The number of halogens is 1. The normalized spacial score (nSPS) is 12.1. The second-order valence-corrected chi connectivity index (χ2v) is 8.48. The van der Waals surface area contributed by atoms with Crippen LogP contribution < -0.4 is 9.62 Å². The molecule has 1 atom stereocenters. The van der Waals surface area contributed by atoms with Gasteiger partial charge in [-0.05, 0) is 49.2 Å². The Morgan fingerprint density at radius 2 is 1.89 bits per heavy atom. The average Bonchev–Trinajstić information content (AvgIpc) is 2.59. The van der Waals surface area contributed by atoms with Crippen LogP contribution in [0.5, 0.6) is 0 Å². The van der Waals surface area contributed by atoms with Gasteiger partial charge in [-0.1, -0.05) is 29.8 Å². The van der Waals surface area contributed by atoms with E-state index in [9.17, 15) is 13.2 Å². The van der Waals surface area contributed by atoms with Gasteiger partial charge in [-0.25, -0.2) is 8.42 Å². The topological polar surface area (TPSA) is 90.3 Å². The minimum absolute atomic E-state index is 0.278. The van der Waals surface area contributed by atoms with Crippen molar-refractivity contribution in [2.45, 2.75) is 26.3 Å². The Morgan fingerprint density at radius 1 is 1.26 bits per heavy atom. The molecule has 2 aromatic rings. The lowest BCUT2D eigenvalue weighted by atomic mass is 10.1. The SMILES string of the molecule is Cc1ccc(Cl)cc1N([C@@H](C)C(=O)Nc1ccc(CC#N)cc1)S(C)(=O)=O. The maximum absolute atomic E-state index is 12.7. The monoisotopic (exact) mass is 405 g/mol.